The van der Waals surface area contributed by atoms with Gasteiger partial charge in [0.2, 0.25) is 10.0 Å². The summed E-state index contributed by atoms with van der Waals surface area (Å²) in [6, 6.07) is 0.155. The van der Waals surface area contributed by atoms with Gasteiger partial charge in [-0.2, -0.15) is 0 Å². The van der Waals surface area contributed by atoms with E-state index in [4.69, 9.17) is 4.74 Å². The summed E-state index contributed by atoms with van der Waals surface area (Å²) in [7, 11) is -1.45. The molecule has 2 aliphatic heterocycles. The molecule has 0 aromatic rings. The van der Waals surface area contributed by atoms with E-state index < -0.39 is 10.0 Å². The van der Waals surface area contributed by atoms with E-state index in [0.717, 1.165) is 38.8 Å². The molecule has 1 N–H and O–H groups in total. The Morgan fingerprint density at radius 2 is 1.94 bits per heavy atom. The van der Waals surface area contributed by atoms with Gasteiger partial charge in [-0.25, -0.2) is 12.7 Å². The highest BCUT2D eigenvalue weighted by atomic mass is 35.5. The molecular weight excluding hydrogens is 276 g/mol. The van der Waals surface area contributed by atoms with Crippen molar-refractivity contribution in [1.29, 1.82) is 0 Å². The maximum absolute atomic E-state index is 12.2. The highest BCUT2D eigenvalue weighted by Crippen LogP contribution is 2.19. The number of halogens is 1. The number of sulfonamides is 1. The standard InChI is InChI=1S/C11H22N2O3S.ClH/c1-13(10-4-6-12-7-5-10)17(14,15)9-11-3-2-8-16-11;/h10-12H,2-9H2,1H3;1H. The molecule has 0 saturated carbocycles. The molecule has 1 unspecified atom stereocenters. The van der Waals surface area contributed by atoms with Gasteiger partial charge in [-0.3, -0.25) is 0 Å². The first-order valence-electron chi connectivity index (χ1n) is 6.37. The lowest BCUT2D eigenvalue weighted by molar-refractivity contribution is 0.126. The van der Waals surface area contributed by atoms with Crippen LogP contribution in [0.2, 0.25) is 0 Å². The fraction of sp³-hybridized carbons (Fsp3) is 1.00. The van der Waals surface area contributed by atoms with Gasteiger partial charge in [0.15, 0.2) is 0 Å². The Hall–Kier alpha value is 0.120. The summed E-state index contributed by atoms with van der Waals surface area (Å²) in [5.74, 6) is 0.146. The van der Waals surface area contributed by atoms with E-state index in [1.54, 1.807) is 11.4 Å². The lowest BCUT2D eigenvalue weighted by Crippen LogP contribution is -2.45. The van der Waals surface area contributed by atoms with Gasteiger partial charge in [-0.15, -0.1) is 12.4 Å². The predicted molar refractivity (Wildman–Crippen MR) is 73.7 cm³/mol. The Kier molecular flexibility index (Phi) is 6.34. The molecule has 0 aromatic heterocycles. The number of piperidine rings is 1. The molecule has 5 nitrogen and oxygen atoms in total. The molecule has 7 heteroatoms. The molecule has 0 spiro atoms. The Balaban J connectivity index is 0.00000162. The van der Waals surface area contributed by atoms with Crippen molar-refractivity contribution in [1.82, 2.24) is 9.62 Å². The van der Waals surface area contributed by atoms with Crippen LogP contribution >= 0.6 is 12.4 Å². The van der Waals surface area contributed by atoms with E-state index >= 15 is 0 Å². The van der Waals surface area contributed by atoms with Crippen molar-refractivity contribution < 1.29 is 13.2 Å². The van der Waals surface area contributed by atoms with Gasteiger partial charge in [0.25, 0.3) is 0 Å². The van der Waals surface area contributed by atoms with Crippen LogP contribution in [0, 0.1) is 0 Å². The predicted octanol–water partition coefficient (Wildman–Crippen LogP) is 0.601. The summed E-state index contributed by atoms with van der Waals surface area (Å²) in [4.78, 5) is 0. The van der Waals surface area contributed by atoms with Crippen molar-refractivity contribution in [2.45, 2.75) is 37.8 Å². The van der Waals surface area contributed by atoms with E-state index in [1.807, 2.05) is 0 Å². The summed E-state index contributed by atoms with van der Waals surface area (Å²) < 4.78 is 31.4. The zero-order chi connectivity index (χ0) is 12.3. The normalized spacial score (nSPS) is 26.2. The molecule has 1 atom stereocenters. The number of hydrogen-bond acceptors (Lipinski definition) is 4. The molecule has 0 radical (unpaired) electrons. The maximum atomic E-state index is 12.2. The molecule has 2 saturated heterocycles. The van der Waals surface area contributed by atoms with Gasteiger partial charge in [-0.1, -0.05) is 0 Å². The van der Waals surface area contributed by atoms with E-state index in [0.29, 0.717) is 6.61 Å². The minimum atomic E-state index is -3.16. The van der Waals surface area contributed by atoms with Crippen molar-refractivity contribution in [3.8, 4) is 0 Å². The maximum Gasteiger partial charge on any atom is 0.216 e. The average Bonchev–Trinajstić information content (AvgIpc) is 2.81. The summed E-state index contributed by atoms with van der Waals surface area (Å²) in [6.07, 6.45) is 3.57. The van der Waals surface area contributed by atoms with E-state index in [-0.39, 0.29) is 30.3 Å². The number of nitrogens with one attached hydrogen (secondary N) is 1. The number of rotatable bonds is 4. The molecule has 2 fully saturated rings. The van der Waals surface area contributed by atoms with Crippen LogP contribution in [-0.4, -0.2) is 57.4 Å². The summed E-state index contributed by atoms with van der Waals surface area (Å²) >= 11 is 0. The minimum absolute atomic E-state index is 0. The van der Waals surface area contributed by atoms with Crippen molar-refractivity contribution in [3.63, 3.8) is 0 Å². The second-order valence-corrected chi connectivity index (χ2v) is 6.98. The van der Waals surface area contributed by atoms with E-state index in [2.05, 4.69) is 5.32 Å². The molecular formula is C11H23ClN2O3S. The summed E-state index contributed by atoms with van der Waals surface area (Å²) in [6.45, 7) is 2.52. The van der Waals surface area contributed by atoms with Crippen molar-refractivity contribution in [2.75, 3.05) is 32.5 Å². The Morgan fingerprint density at radius 1 is 1.28 bits per heavy atom. The lowest BCUT2D eigenvalue weighted by atomic mass is 10.1. The SMILES string of the molecule is CN(C1CCNCC1)S(=O)(=O)CC1CCCO1.Cl. The van der Waals surface area contributed by atoms with Gasteiger partial charge >= 0.3 is 0 Å². The third-order valence-electron chi connectivity index (χ3n) is 3.68. The van der Waals surface area contributed by atoms with Crippen molar-refractivity contribution >= 4 is 22.4 Å². The van der Waals surface area contributed by atoms with Gasteiger partial charge in [0, 0.05) is 19.7 Å². The van der Waals surface area contributed by atoms with Gasteiger partial charge in [0.1, 0.15) is 0 Å². The Labute approximate surface area is 116 Å². The zero-order valence-corrected chi connectivity index (χ0v) is 12.4. The van der Waals surface area contributed by atoms with E-state index in [1.165, 1.54) is 0 Å². The highest BCUT2D eigenvalue weighted by Gasteiger charge is 2.31. The first-order chi connectivity index (χ1) is 8.09. The zero-order valence-electron chi connectivity index (χ0n) is 10.8. The van der Waals surface area contributed by atoms with Gasteiger partial charge in [-0.05, 0) is 38.8 Å². The third kappa shape index (κ3) is 4.06. The monoisotopic (exact) mass is 298 g/mol. The molecule has 0 aliphatic carbocycles. The molecule has 2 rings (SSSR count). The fourth-order valence-corrected chi connectivity index (χ4v) is 4.16. The average molecular weight is 299 g/mol. The lowest BCUT2D eigenvalue weighted by Gasteiger charge is -2.31. The summed E-state index contributed by atoms with van der Waals surface area (Å²) in [5.41, 5.74) is 0. The molecule has 2 heterocycles. The topological polar surface area (TPSA) is 58.6 Å². The number of ether oxygens (including phenoxy) is 1. The molecule has 0 bridgehead atoms. The molecule has 0 amide bonds. The molecule has 0 aromatic carbocycles. The second kappa shape index (κ2) is 7.05. The summed E-state index contributed by atoms with van der Waals surface area (Å²) in [5, 5.41) is 3.25. The van der Waals surface area contributed by atoms with Crippen LogP contribution in [0.3, 0.4) is 0 Å². The van der Waals surface area contributed by atoms with Crippen LogP contribution in [0.4, 0.5) is 0 Å². The van der Waals surface area contributed by atoms with E-state index in [9.17, 15) is 8.42 Å². The highest BCUT2D eigenvalue weighted by molar-refractivity contribution is 7.89. The molecule has 108 valence electrons. The van der Waals surface area contributed by atoms with Gasteiger partial charge < -0.3 is 10.1 Å². The van der Waals surface area contributed by atoms with Crippen LogP contribution in [0.1, 0.15) is 25.7 Å². The first-order valence-corrected chi connectivity index (χ1v) is 7.98. The van der Waals surface area contributed by atoms with Gasteiger partial charge in [0.05, 0.1) is 11.9 Å². The van der Waals surface area contributed by atoms with Crippen molar-refractivity contribution in [2.24, 2.45) is 0 Å². The molecule has 18 heavy (non-hydrogen) atoms. The fourth-order valence-electron chi connectivity index (χ4n) is 2.53. The number of nitrogens with zero attached hydrogens (tertiary/aromatic N) is 1. The largest absolute Gasteiger partial charge is 0.377 e. The Bertz CT molecular complexity index is 338. The second-order valence-electron chi connectivity index (χ2n) is 4.91. The van der Waals surface area contributed by atoms with Crippen LogP contribution < -0.4 is 5.32 Å². The first kappa shape index (κ1) is 16.2. The van der Waals surface area contributed by atoms with Crippen LogP contribution in [-0.2, 0) is 14.8 Å². The van der Waals surface area contributed by atoms with Crippen LogP contribution in [0.5, 0.6) is 0 Å². The third-order valence-corrected chi connectivity index (χ3v) is 5.65. The minimum Gasteiger partial charge on any atom is -0.377 e. The van der Waals surface area contributed by atoms with Crippen LogP contribution in [0.25, 0.3) is 0 Å². The van der Waals surface area contributed by atoms with Crippen molar-refractivity contribution in [3.05, 3.63) is 0 Å². The van der Waals surface area contributed by atoms with Crippen LogP contribution in [0.15, 0.2) is 0 Å². The Morgan fingerprint density at radius 3 is 2.50 bits per heavy atom. The smallest absolute Gasteiger partial charge is 0.216 e. The number of hydrogen-bond donors (Lipinski definition) is 1. The molecule has 2 aliphatic rings. The quantitative estimate of drug-likeness (QED) is 0.826.